The second kappa shape index (κ2) is 5.70. The van der Waals surface area contributed by atoms with Crippen molar-refractivity contribution < 1.29 is 5.11 Å². The van der Waals surface area contributed by atoms with E-state index in [-0.39, 0.29) is 12.6 Å². The van der Waals surface area contributed by atoms with Crippen LogP contribution in [0, 0.1) is 6.92 Å². The molecule has 0 fully saturated rings. The maximum atomic E-state index is 9.31. The van der Waals surface area contributed by atoms with Crippen molar-refractivity contribution in [2.45, 2.75) is 19.4 Å². The van der Waals surface area contributed by atoms with Gasteiger partial charge in [-0.25, -0.2) is 9.97 Å². The van der Waals surface area contributed by atoms with Gasteiger partial charge in [-0.1, -0.05) is 0 Å². The summed E-state index contributed by atoms with van der Waals surface area (Å²) in [7, 11) is 0. The average molecular weight is 250 g/mol. The van der Waals surface area contributed by atoms with Gasteiger partial charge in [0.1, 0.15) is 0 Å². The molecule has 2 N–H and O–H groups in total. The molecule has 0 unspecified atom stereocenters. The largest absolute Gasteiger partial charge is 0.394 e. The van der Waals surface area contributed by atoms with Crippen molar-refractivity contribution in [3.8, 4) is 0 Å². The molecule has 2 rings (SSSR count). The van der Waals surface area contributed by atoms with Crippen molar-refractivity contribution in [3.05, 3.63) is 34.5 Å². The lowest BCUT2D eigenvalue weighted by Gasteiger charge is -2.14. The lowest BCUT2D eigenvalue weighted by molar-refractivity contribution is 0.273. The summed E-state index contributed by atoms with van der Waals surface area (Å²) in [4.78, 5) is 13.4. The first kappa shape index (κ1) is 11.9. The Hall–Kier alpha value is -1.53. The van der Waals surface area contributed by atoms with Crippen LogP contribution in [0.1, 0.15) is 10.4 Å². The summed E-state index contributed by atoms with van der Waals surface area (Å²) in [6, 6.07) is -0.0850. The van der Waals surface area contributed by atoms with Crippen LogP contribution in [0.2, 0.25) is 0 Å². The van der Waals surface area contributed by atoms with E-state index in [0.717, 1.165) is 16.9 Å². The van der Waals surface area contributed by atoms with E-state index in [4.69, 9.17) is 0 Å². The number of hydrogen-bond acceptors (Lipinski definition) is 6. The molecule has 17 heavy (non-hydrogen) atoms. The highest BCUT2D eigenvalue weighted by molar-refractivity contribution is 7.09. The number of aryl methyl sites for hydroxylation is 1. The molecule has 1 atom stereocenters. The Labute approximate surface area is 104 Å². The Balaban J connectivity index is 1.97. The maximum Gasteiger partial charge on any atom is 0.222 e. The van der Waals surface area contributed by atoms with Gasteiger partial charge in [0.25, 0.3) is 0 Å². The SMILES string of the molecule is Cc1cnc(N[C@H](CO)Cc2cncs2)nc1. The molecule has 0 aromatic carbocycles. The van der Waals surface area contributed by atoms with Gasteiger partial charge < -0.3 is 10.4 Å². The van der Waals surface area contributed by atoms with Crippen molar-refractivity contribution in [3.63, 3.8) is 0 Å². The molecule has 0 aliphatic carbocycles. The lowest BCUT2D eigenvalue weighted by Crippen LogP contribution is -2.27. The standard InChI is InChI=1S/C11H14N4OS/c1-8-3-13-11(14-4-8)15-9(6-16)2-10-5-12-7-17-10/h3-5,7,9,16H,2,6H2,1H3,(H,13,14,15)/t9-/m0/s1. The van der Waals surface area contributed by atoms with Crippen LogP contribution in [-0.4, -0.2) is 32.7 Å². The molecule has 6 heteroatoms. The number of aromatic nitrogens is 3. The average Bonchev–Trinajstić information content (AvgIpc) is 2.84. The van der Waals surface area contributed by atoms with Crippen LogP contribution in [0.3, 0.4) is 0 Å². The van der Waals surface area contributed by atoms with Crippen molar-refractivity contribution in [2.75, 3.05) is 11.9 Å². The van der Waals surface area contributed by atoms with Crippen molar-refractivity contribution in [1.82, 2.24) is 15.0 Å². The Morgan fingerprint density at radius 1 is 1.35 bits per heavy atom. The van der Waals surface area contributed by atoms with E-state index in [1.807, 2.05) is 13.1 Å². The van der Waals surface area contributed by atoms with Crippen LogP contribution in [0.15, 0.2) is 24.1 Å². The maximum absolute atomic E-state index is 9.31. The number of hydrogen-bond donors (Lipinski definition) is 2. The fraction of sp³-hybridized carbons (Fsp3) is 0.364. The fourth-order valence-electron chi connectivity index (χ4n) is 1.40. The highest BCUT2D eigenvalue weighted by atomic mass is 32.1. The second-order valence-corrected chi connectivity index (χ2v) is 4.75. The summed E-state index contributed by atoms with van der Waals surface area (Å²) in [5, 5.41) is 12.4. The van der Waals surface area contributed by atoms with Crippen LogP contribution < -0.4 is 5.32 Å². The minimum absolute atomic E-state index is 0.0368. The van der Waals surface area contributed by atoms with Crippen molar-refractivity contribution in [2.24, 2.45) is 0 Å². The molecule has 0 aliphatic rings. The van der Waals surface area contributed by atoms with Gasteiger partial charge in [-0.3, -0.25) is 4.98 Å². The van der Waals surface area contributed by atoms with E-state index in [1.54, 1.807) is 29.2 Å². The molecule has 2 aromatic heterocycles. The Bertz CT molecular complexity index is 443. The van der Waals surface area contributed by atoms with E-state index in [9.17, 15) is 5.11 Å². The second-order valence-electron chi connectivity index (χ2n) is 3.78. The summed E-state index contributed by atoms with van der Waals surface area (Å²) in [6.07, 6.45) is 6.02. The third-order valence-corrected chi connectivity index (χ3v) is 3.07. The summed E-state index contributed by atoms with van der Waals surface area (Å²) in [5.74, 6) is 0.541. The Morgan fingerprint density at radius 3 is 2.71 bits per heavy atom. The zero-order valence-electron chi connectivity index (χ0n) is 9.50. The van der Waals surface area contributed by atoms with E-state index in [2.05, 4.69) is 20.3 Å². The van der Waals surface area contributed by atoms with Gasteiger partial charge >= 0.3 is 0 Å². The molecule has 0 spiro atoms. The minimum atomic E-state index is -0.0850. The van der Waals surface area contributed by atoms with Gasteiger partial charge in [0.05, 0.1) is 18.2 Å². The minimum Gasteiger partial charge on any atom is -0.394 e. The normalized spacial score (nSPS) is 12.4. The first-order valence-electron chi connectivity index (χ1n) is 5.31. The van der Waals surface area contributed by atoms with Crippen LogP contribution in [-0.2, 0) is 6.42 Å². The van der Waals surface area contributed by atoms with Gasteiger partial charge in [0.2, 0.25) is 5.95 Å². The molecule has 2 aromatic rings. The van der Waals surface area contributed by atoms with Gasteiger partial charge in [0.15, 0.2) is 0 Å². The predicted octanol–water partition coefficient (Wildman–Crippen LogP) is 1.26. The van der Waals surface area contributed by atoms with E-state index in [0.29, 0.717) is 5.95 Å². The van der Waals surface area contributed by atoms with E-state index < -0.39 is 0 Å². The highest BCUT2D eigenvalue weighted by Gasteiger charge is 2.10. The van der Waals surface area contributed by atoms with Gasteiger partial charge in [-0.05, 0) is 12.5 Å². The Morgan fingerprint density at radius 2 is 2.12 bits per heavy atom. The van der Waals surface area contributed by atoms with Crippen molar-refractivity contribution in [1.29, 1.82) is 0 Å². The first-order chi connectivity index (χ1) is 8.28. The molecule has 5 nitrogen and oxygen atoms in total. The molecule has 90 valence electrons. The molecule has 0 saturated carbocycles. The number of nitrogens with zero attached hydrogens (tertiary/aromatic N) is 3. The summed E-state index contributed by atoms with van der Waals surface area (Å²) in [5.41, 5.74) is 2.80. The summed E-state index contributed by atoms with van der Waals surface area (Å²) < 4.78 is 0. The molecule has 0 radical (unpaired) electrons. The molecular weight excluding hydrogens is 236 g/mol. The van der Waals surface area contributed by atoms with Crippen molar-refractivity contribution >= 4 is 17.3 Å². The number of aliphatic hydroxyl groups is 1. The van der Waals surface area contributed by atoms with Gasteiger partial charge in [0, 0.05) is 29.9 Å². The van der Waals surface area contributed by atoms with Crippen LogP contribution in [0.25, 0.3) is 0 Å². The number of rotatable bonds is 5. The Kier molecular flexibility index (Phi) is 4.00. The number of thiazole rings is 1. The molecule has 0 saturated heterocycles. The monoisotopic (exact) mass is 250 g/mol. The summed E-state index contributed by atoms with van der Waals surface area (Å²) >= 11 is 1.58. The topological polar surface area (TPSA) is 70.9 Å². The van der Waals surface area contributed by atoms with E-state index >= 15 is 0 Å². The van der Waals surface area contributed by atoms with Crippen LogP contribution in [0.5, 0.6) is 0 Å². The molecule has 0 amide bonds. The molecular formula is C11H14N4OS. The zero-order chi connectivity index (χ0) is 12.1. The third kappa shape index (κ3) is 3.47. The zero-order valence-corrected chi connectivity index (χ0v) is 10.3. The third-order valence-electron chi connectivity index (χ3n) is 2.27. The lowest BCUT2D eigenvalue weighted by atomic mass is 10.2. The molecule has 0 aliphatic heterocycles. The first-order valence-corrected chi connectivity index (χ1v) is 6.19. The van der Waals surface area contributed by atoms with E-state index in [1.165, 1.54) is 0 Å². The fourth-order valence-corrected chi connectivity index (χ4v) is 2.07. The molecule has 0 bridgehead atoms. The molecule has 2 heterocycles. The number of nitrogens with one attached hydrogen (secondary N) is 1. The van der Waals surface area contributed by atoms with Crippen LogP contribution in [0.4, 0.5) is 5.95 Å². The smallest absolute Gasteiger partial charge is 0.222 e. The predicted molar refractivity (Wildman–Crippen MR) is 67.1 cm³/mol. The summed E-state index contributed by atoms with van der Waals surface area (Å²) in [6.45, 7) is 1.97. The highest BCUT2D eigenvalue weighted by Crippen LogP contribution is 2.11. The van der Waals surface area contributed by atoms with Gasteiger partial charge in [-0.2, -0.15) is 0 Å². The number of anilines is 1. The number of aliphatic hydroxyl groups excluding tert-OH is 1. The van der Waals surface area contributed by atoms with Gasteiger partial charge in [-0.15, -0.1) is 11.3 Å². The quantitative estimate of drug-likeness (QED) is 0.836. The van der Waals surface area contributed by atoms with Crippen LogP contribution >= 0.6 is 11.3 Å².